The van der Waals surface area contributed by atoms with Crippen molar-refractivity contribution in [3.05, 3.63) is 115 Å². The Morgan fingerprint density at radius 2 is 1.32 bits per heavy atom. The maximum absolute atomic E-state index is 11.7. The summed E-state index contributed by atoms with van der Waals surface area (Å²) in [7, 11) is 1.01. The van der Waals surface area contributed by atoms with Gasteiger partial charge in [-0.3, -0.25) is 5.43 Å². The maximum atomic E-state index is 11.7. The van der Waals surface area contributed by atoms with Crippen LogP contribution in [0.1, 0.15) is 12.5 Å². The number of nitrogens with one attached hydrogen (secondary N) is 2. The SMILES string of the molecule is CCNC(=S)N/N=C\c1cccc(OC)c1[O-].[Cl-].[Pd+2].c1ccc(P(c2ccccc2)c2ccccc2)cc1. The van der Waals surface area contributed by atoms with Gasteiger partial charge in [-0.2, -0.15) is 5.10 Å². The van der Waals surface area contributed by atoms with Crippen molar-refractivity contribution in [1.82, 2.24) is 10.7 Å². The van der Waals surface area contributed by atoms with Crippen LogP contribution in [0.25, 0.3) is 0 Å². The number of methoxy groups -OCH3 is 1. The first kappa shape index (κ1) is 33.3. The van der Waals surface area contributed by atoms with Crippen LogP contribution >= 0.6 is 20.1 Å². The number of hydrogen-bond donors (Lipinski definition) is 2. The van der Waals surface area contributed by atoms with E-state index in [1.807, 2.05) is 6.92 Å². The Balaban J connectivity index is 0.000000364. The molecule has 0 amide bonds. The molecule has 0 atom stereocenters. The molecule has 0 spiro atoms. The Hall–Kier alpha value is -2.78. The smallest absolute Gasteiger partial charge is 1.00 e. The molecule has 0 aliphatic carbocycles. The largest absolute Gasteiger partial charge is 2.00 e. The Kier molecular flexibility index (Phi) is 16.2. The first-order valence-corrected chi connectivity index (χ1v) is 13.2. The fourth-order valence-electron chi connectivity index (χ4n) is 3.33. The average Bonchev–Trinajstić information content (AvgIpc) is 2.92. The Labute approximate surface area is 251 Å². The van der Waals surface area contributed by atoms with Crippen molar-refractivity contribution in [3.63, 3.8) is 0 Å². The number of nitrogens with zero attached hydrogens (tertiary/aromatic N) is 1. The molecule has 0 unspecified atom stereocenters. The summed E-state index contributed by atoms with van der Waals surface area (Å²) in [6.07, 6.45) is 1.41. The van der Waals surface area contributed by atoms with Crippen LogP contribution in [0.2, 0.25) is 0 Å². The molecule has 0 radical (unpaired) electrons. The van der Waals surface area contributed by atoms with Gasteiger partial charge in [0.05, 0.1) is 13.3 Å². The molecule has 4 aromatic carbocycles. The van der Waals surface area contributed by atoms with Gasteiger partial charge in [0.15, 0.2) is 5.11 Å². The Morgan fingerprint density at radius 1 is 0.842 bits per heavy atom. The summed E-state index contributed by atoms with van der Waals surface area (Å²) < 4.78 is 4.92. The summed E-state index contributed by atoms with van der Waals surface area (Å²) in [6, 6.07) is 37.3. The molecule has 0 aliphatic heterocycles. The van der Waals surface area contributed by atoms with E-state index in [1.165, 1.54) is 29.2 Å². The van der Waals surface area contributed by atoms with Crippen LogP contribution in [0, 0.1) is 0 Å². The van der Waals surface area contributed by atoms with E-state index >= 15 is 0 Å². The van der Waals surface area contributed by atoms with E-state index in [1.54, 1.807) is 18.2 Å². The van der Waals surface area contributed by atoms with E-state index in [0.717, 1.165) is 0 Å². The van der Waals surface area contributed by atoms with Gasteiger partial charge in [0.25, 0.3) is 0 Å². The molecule has 0 aliphatic rings. The molecular formula is C29H29ClN3O2PPdS. The normalized spacial score (nSPS) is 9.87. The molecule has 0 aromatic heterocycles. The molecule has 38 heavy (non-hydrogen) atoms. The van der Waals surface area contributed by atoms with Crippen LogP contribution in [0.4, 0.5) is 0 Å². The number of ether oxygens (including phenoxy) is 1. The van der Waals surface area contributed by atoms with E-state index in [2.05, 4.69) is 107 Å². The zero-order valence-corrected chi connectivity index (χ0v) is 25.0. The number of para-hydroxylation sites is 1. The monoisotopic (exact) mass is 655 g/mol. The van der Waals surface area contributed by atoms with Gasteiger partial charge in [0.2, 0.25) is 0 Å². The molecule has 9 heteroatoms. The minimum atomic E-state index is -0.446. The summed E-state index contributed by atoms with van der Waals surface area (Å²) in [5, 5.41) is 23.1. The summed E-state index contributed by atoms with van der Waals surface area (Å²) in [6.45, 7) is 2.64. The molecule has 5 nitrogen and oxygen atoms in total. The molecule has 0 bridgehead atoms. The van der Waals surface area contributed by atoms with Crippen molar-refractivity contribution in [1.29, 1.82) is 0 Å². The van der Waals surface area contributed by atoms with Crippen LogP contribution in [0.15, 0.2) is 114 Å². The maximum Gasteiger partial charge on any atom is 2.00 e. The van der Waals surface area contributed by atoms with Gasteiger partial charge >= 0.3 is 20.4 Å². The second-order valence-electron chi connectivity index (χ2n) is 7.45. The molecule has 0 saturated carbocycles. The fourth-order valence-corrected chi connectivity index (χ4v) is 5.84. The standard InChI is InChI=1S/C18H15P.C11H15N3O2S.ClH.Pd/c1-4-10-16(11-5-1)19(17-12-6-2-7-13-17)18-14-8-3-9-15-18;1-3-12-11(17)14-13-7-8-5-4-6-9(16-2)10(8)15;;/h1-15H;4-7,15H,3H2,1-2H3,(H2,12,14,17);1H;/q;;;+2/p-2/b;13-7-;;. The van der Waals surface area contributed by atoms with Gasteiger partial charge in [-0.1, -0.05) is 109 Å². The van der Waals surface area contributed by atoms with Crippen LogP contribution in [0.3, 0.4) is 0 Å². The van der Waals surface area contributed by atoms with Crippen LogP contribution in [-0.2, 0) is 20.4 Å². The van der Waals surface area contributed by atoms with Crippen LogP contribution < -0.4 is 48.9 Å². The number of hydrogen-bond acceptors (Lipinski definition) is 4. The fraction of sp³-hybridized carbons (Fsp3) is 0.103. The third kappa shape index (κ3) is 10.2. The van der Waals surface area contributed by atoms with Gasteiger partial charge < -0.3 is 27.6 Å². The van der Waals surface area contributed by atoms with Crippen molar-refractivity contribution in [2.45, 2.75) is 6.92 Å². The van der Waals surface area contributed by atoms with Crippen molar-refractivity contribution in [2.75, 3.05) is 13.7 Å². The van der Waals surface area contributed by atoms with Gasteiger partial charge in [0, 0.05) is 6.54 Å². The predicted molar refractivity (Wildman–Crippen MR) is 155 cm³/mol. The van der Waals surface area contributed by atoms with E-state index in [0.29, 0.717) is 23.0 Å². The summed E-state index contributed by atoms with van der Waals surface area (Å²) in [5.74, 6) is 0.0955. The minimum absolute atomic E-state index is 0. The second-order valence-corrected chi connectivity index (χ2v) is 10.1. The van der Waals surface area contributed by atoms with Crippen molar-refractivity contribution in [3.8, 4) is 11.5 Å². The Bertz CT molecular complexity index is 1160. The molecule has 0 heterocycles. The third-order valence-corrected chi connectivity index (χ3v) is 7.66. The third-order valence-electron chi connectivity index (χ3n) is 4.98. The van der Waals surface area contributed by atoms with Crippen molar-refractivity contribution >= 4 is 47.4 Å². The number of rotatable bonds is 7. The first-order valence-electron chi connectivity index (χ1n) is 11.5. The molecule has 200 valence electrons. The number of benzene rings is 4. The quantitative estimate of drug-likeness (QED) is 0.102. The van der Waals surface area contributed by atoms with Gasteiger partial charge in [-0.05, 0) is 54.6 Å². The number of hydrazone groups is 1. The van der Waals surface area contributed by atoms with Crippen molar-refractivity contribution < 1.29 is 42.7 Å². The molecular weight excluding hydrogens is 627 g/mol. The van der Waals surface area contributed by atoms with Crippen LogP contribution in [-0.4, -0.2) is 25.0 Å². The van der Waals surface area contributed by atoms with Gasteiger partial charge in [-0.15, -0.1) is 0 Å². The van der Waals surface area contributed by atoms with Crippen molar-refractivity contribution in [2.24, 2.45) is 5.10 Å². The summed E-state index contributed by atoms with van der Waals surface area (Å²) in [4.78, 5) is 0. The van der Waals surface area contributed by atoms with E-state index in [4.69, 9.17) is 17.0 Å². The van der Waals surface area contributed by atoms with E-state index in [9.17, 15) is 5.11 Å². The first-order chi connectivity index (χ1) is 17.6. The Morgan fingerprint density at radius 3 is 1.74 bits per heavy atom. The van der Waals surface area contributed by atoms with Gasteiger partial charge in [0.1, 0.15) is 5.75 Å². The molecule has 2 N–H and O–H groups in total. The number of halogens is 1. The molecule has 4 aromatic rings. The average molecular weight is 656 g/mol. The zero-order valence-electron chi connectivity index (χ0n) is 21.0. The topological polar surface area (TPSA) is 68.7 Å². The number of thiocarbonyl (C=S) groups is 1. The van der Waals surface area contributed by atoms with E-state index in [-0.39, 0.29) is 38.6 Å². The minimum Gasteiger partial charge on any atom is -1.00 e. The predicted octanol–water partition coefficient (Wildman–Crippen LogP) is 1.03. The van der Waals surface area contributed by atoms with E-state index < -0.39 is 7.92 Å². The second kappa shape index (κ2) is 18.5. The van der Waals surface area contributed by atoms with Crippen LogP contribution in [0.5, 0.6) is 11.5 Å². The molecule has 4 rings (SSSR count). The van der Waals surface area contributed by atoms with Gasteiger partial charge in [-0.25, -0.2) is 0 Å². The zero-order chi connectivity index (χ0) is 25.6. The summed E-state index contributed by atoms with van der Waals surface area (Å²) >= 11 is 4.91. The summed E-state index contributed by atoms with van der Waals surface area (Å²) in [5.41, 5.74) is 3.05. The molecule has 0 saturated heterocycles. The molecule has 0 fully saturated rings.